The zero-order valence-electron chi connectivity index (χ0n) is 10.9. The fourth-order valence-corrected chi connectivity index (χ4v) is 2.00. The first-order chi connectivity index (χ1) is 9.02. The third-order valence-electron chi connectivity index (χ3n) is 2.32. The molecule has 1 aromatic rings. The molecule has 106 valence electrons. The molecular formula is C13H17BrClNO3. The Morgan fingerprint density at radius 2 is 2.26 bits per heavy atom. The Labute approximate surface area is 126 Å². The van der Waals surface area contributed by atoms with Crippen LogP contribution < -0.4 is 10.1 Å². The summed E-state index contributed by atoms with van der Waals surface area (Å²) in [4.78, 5) is 11.9. The maximum absolute atomic E-state index is 11.8. The molecule has 2 atom stereocenters. The van der Waals surface area contributed by atoms with Gasteiger partial charge in [0.25, 0.3) is 5.91 Å². The van der Waals surface area contributed by atoms with Crippen molar-refractivity contribution in [3.63, 3.8) is 0 Å². The number of hydrogen-bond donors (Lipinski definition) is 1. The van der Waals surface area contributed by atoms with Crippen LogP contribution in [0.4, 0.5) is 0 Å². The maximum Gasteiger partial charge on any atom is 0.260 e. The van der Waals surface area contributed by atoms with Gasteiger partial charge in [-0.3, -0.25) is 4.79 Å². The fourth-order valence-electron chi connectivity index (χ4n) is 1.39. The molecule has 0 aliphatic carbocycles. The number of carbonyl (C=O) groups excluding carboxylic acids is 1. The predicted molar refractivity (Wildman–Crippen MR) is 79.1 cm³/mol. The van der Waals surface area contributed by atoms with Gasteiger partial charge in [-0.2, -0.15) is 0 Å². The van der Waals surface area contributed by atoms with Crippen LogP contribution in [-0.4, -0.2) is 37.1 Å². The highest BCUT2D eigenvalue weighted by Crippen LogP contribution is 2.18. The standard InChI is InChI=1S/C13H17BrClNO3/c1-9(13(17)16-7-10(14)8-18-2)19-12-5-3-4-11(15)6-12/h3-6,9-10H,7-8H2,1-2H3,(H,16,17). The third kappa shape index (κ3) is 6.27. The van der Waals surface area contributed by atoms with Crippen molar-refractivity contribution < 1.29 is 14.3 Å². The molecule has 0 saturated carbocycles. The lowest BCUT2D eigenvalue weighted by Gasteiger charge is -2.16. The third-order valence-corrected chi connectivity index (χ3v) is 3.15. The number of halogens is 2. The molecule has 0 bridgehead atoms. The van der Waals surface area contributed by atoms with Crippen LogP contribution in [0.3, 0.4) is 0 Å². The van der Waals surface area contributed by atoms with Gasteiger partial charge < -0.3 is 14.8 Å². The van der Waals surface area contributed by atoms with Crippen LogP contribution in [0.15, 0.2) is 24.3 Å². The zero-order valence-corrected chi connectivity index (χ0v) is 13.2. The van der Waals surface area contributed by atoms with Gasteiger partial charge in [-0.1, -0.05) is 33.6 Å². The average molecular weight is 351 g/mol. The van der Waals surface area contributed by atoms with E-state index < -0.39 is 6.10 Å². The molecule has 0 radical (unpaired) electrons. The molecule has 0 spiro atoms. The molecule has 0 aliphatic rings. The number of nitrogens with one attached hydrogen (secondary N) is 1. The van der Waals surface area contributed by atoms with Crippen LogP contribution >= 0.6 is 27.5 Å². The second-order valence-corrected chi connectivity index (χ2v) is 5.75. The number of methoxy groups -OCH3 is 1. The normalized spacial score (nSPS) is 13.7. The van der Waals surface area contributed by atoms with Gasteiger partial charge in [0, 0.05) is 18.7 Å². The van der Waals surface area contributed by atoms with Gasteiger partial charge in [0.05, 0.1) is 11.4 Å². The lowest BCUT2D eigenvalue weighted by molar-refractivity contribution is -0.127. The molecule has 4 nitrogen and oxygen atoms in total. The number of ether oxygens (including phenoxy) is 2. The largest absolute Gasteiger partial charge is 0.481 e. The van der Waals surface area contributed by atoms with Gasteiger partial charge in [-0.05, 0) is 25.1 Å². The Bertz CT molecular complexity index is 417. The smallest absolute Gasteiger partial charge is 0.260 e. The molecule has 0 aliphatic heterocycles. The van der Waals surface area contributed by atoms with Crippen LogP contribution in [0.1, 0.15) is 6.92 Å². The molecule has 1 amide bonds. The Hall–Kier alpha value is -0.780. The van der Waals surface area contributed by atoms with Crippen LogP contribution in [-0.2, 0) is 9.53 Å². The van der Waals surface area contributed by atoms with Gasteiger partial charge in [0.15, 0.2) is 6.10 Å². The Morgan fingerprint density at radius 3 is 2.89 bits per heavy atom. The van der Waals surface area contributed by atoms with E-state index in [0.29, 0.717) is 23.9 Å². The second kappa shape index (κ2) is 8.40. The van der Waals surface area contributed by atoms with Crippen LogP contribution in [0.2, 0.25) is 5.02 Å². The number of benzene rings is 1. The molecule has 1 aromatic carbocycles. The van der Waals surface area contributed by atoms with Crippen molar-refractivity contribution in [3.05, 3.63) is 29.3 Å². The molecule has 0 saturated heterocycles. The molecule has 2 unspecified atom stereocenters. The van der Waals surface area contributed by atoms with E-state index >= 15 is 0 Å². The van der Waals surface area contributed by atoms with Crippen LogP contribution in [0.5, 0.6) is 5.75 Å². The molecule has 0 fully saturated rings. The minimum Gasteiger partial charge on any atom is -0.481 e. The van der Waals surface area contributed by atoms with E-state index in [9.17, 15) is 4.79 Å². The summed E-state index contributed by atoms with van der Waals surface area (Å²) >= 11 is 9.24. The van der Waals surface area contributed by atoms with E-state index in [1.807, 2.05) is 0 Å². The van der Waals surface area contributed by atoms with Crippen molar-refractivity contribution in [3.8, 4) is 5.75 Å². The minimum absolute atomic E-state index is 0.0832. The molecule has 1 rings (SSSR count). The molecular weight excluding hydrogens is 334 g/mol. The Morgan fingerprint density at radius 1 is 1.53 bits per heavy atom. The monoisotopic (exact) mass is 349 g/mol. The van der Waals surface area contributed by atoms with E-state index in [1.54, 1.807) is 38.3 Å². The van der Waals surface area contributed by atoms with E-state index in [0.717, 1.165) is 0 Å². The Balaban J connectivity index is 2.40. The van der Waals surface area contributed by atoms with Gasteiger partial charge in [0.2, 0.25) is 0 Å². The van der Waals surface area contributed by atoms with Crippen molar-refractivity contribution in [1.29, 1.82) is 0 Å². The van der Waals surface area contributed by atoms with E-state index in [-0.39, 0.29) is 10.7 Å². The van der Waals surface area contributed by atoms with Gasteiger partial charge >= 0.3 is 0 Å². The summed E-state index contributed by atoms with van der Waals surface area (Å²) in [6.45, 7) is 2.70. The lowest BCUT2D eigenvalue weighted by Crippen LogP contribution is -2.39. The second-order valence-electron chi connectivity index (χ2n) is 4.02. The highest BCUT2D eigenvalue weighted by Gasteiger charge is 2.15. The van der Waals surface area contributed by atoms with E-state index in [2.05, 4.69) is 21.2 Å². The lowest BCUT2D eigenvalue weighted by atomic mass is 10.3. The highest BCUT2D eigenvalue weighted by molar-refractivity contribution is 9.09. The first-order valence-electron chi connectivity index (χ1n) is 5.86. The number of alkyl halides is 1. The highest BCUT2D eigenvalue weighted by atomic mass is 79.9. The number of rotatable bonds is 7. The van der Waals surface area contributed by atoms with Crippen LogP contribution in [0.25, 0.3) is 0 Å². The van der Waals surface area contributed by atoms with Crippen molar-refractivity contribution >= 4 is 33.4 Å². The number of hydrogen-bond acceptors (Lipinski definition) is 3. The van der Waals surface area contributed by atoms with Crippen molar-refractivity contribution in [1.82, 2.24) is 5.32 Å². The van der Waals surface area contributed by atoms with Crippen molar-refractivity contribution in [2.45, 2.75) is 17.9 Å². The summed E-state index contributed by atoms with van der Waals surface area (Å²) in [5.41, 5.74) is 0. The molecule has 0 heterocycles. The minimum atomic E-state index is -0.583. The first-order valence-corrected chi connectivity index (χ1v) is 7.15. The number of amides is 1. The van der Waals surface area contributed by atoms with Crippen molar-refractivity contribution in [2.24, 2.45) is 0 Å². The molecule has 6 heteroatoms. The summed E-state index contributed by atoms with van der Waals surface area (Å²) in [7, 11) is 1.61. The van der Waals surface area contributed by atoms with Gasteiger partial charge in [-0.25, -0.2) is 0 Å². The molecule has 1 N–H and O–H groups in total. The fraction of sp³-hybridized carbons (Fsp3) is 0.462. The topological polar surface area (TPSA) is 47.6 Å². The zero-order chi connectivity index (χ0) is 14.3. The SMILES string of the molecule is COCC(Br)CNC(=O)C(C)Oc1cccc(Cl)c1. The van der Waals surface area contributed by atoms with Crippen LogP contribution in [0, 0.1) is 0 Å². The Kier molecular flexibility index (Phi) is 7.20. The predicted octanol–water partition coefficient (Wildman–Crippen LogP) is 2.63. The van der Waals surface area contributed by atoms with Crippen molar-refractivity contribution in [2.75, 3.05) is 20.3 Å². The first kappa shape index (κ1) is 16.3. The quantitative estimate of drug-likeness (QED) is 0.769. The average Bonchev–Trinajstić information content (AvgIpc) is 2.36. The van der Waals surface area contributed by atoms with Gasteiger partial charge in [0.1, 0.15) is 5.75 Å². The summed E-state index contributed by atoms with van der Waals surface area (Å²) in [6, 6.07) is 6.95. The van der Waals surface area contributed by atoms with E-state index in [1.165, 1.54) is 0 Å². The molecule has 0 aromatic heterocycles. The summed E-state index contributed by atoms with van der Waals surface area (Å²) in [5.74, 6) is 0.392. The summed E-state index contributed by atoms with van der Waals surface area (Å²) in [6.07, 6.45) is -0.583. The summed E-state index contributed by atoms with van der Waals surface area (Å²) < 4.78 is 10.5. The van der Waals surface area contributed by atoms with Gasteiger partial charge in [-0.15, -0.1) is 0 Å². The maximum atomic E-state index is 11.8. The molecule has 19 heavy (non-hydrogen) atoms. The van der Waals surface area contributed by atoms with E-state index in [4.69, 9.17) is 21.1 Å². The number of carbonyl (C=O) groups is 1. The summed E-state index contributed by atoms with van der Waals surface area (Å²) in [5, 5.41) is 3.35.